The summed E-state index contributed by atoms with van der Waals surface area (Å²) < 4.78 is 1.06. The third-order valence-electron chi connectivity index (χ3n) is 4.05. The molecule has 20 heavy (non-hydrogen) atoms. The smallest absolute Gasteiger partial charge is 0.230 e. The van der Waals surface area contributed by atoms with Crippen LogP contribution < -0.4 is 10.6 Å². The van der Waals surface area contributed by atoms with Gasteiger partial charge in [-0.3, -0.25) is 4.79 Å². The second-order valence-electron chi connectivity index (χ2n) is 5.45. The second kappa shape index (κ2) is 7.23. The first-order valence-corrected chi connectivity index (χ1v) is 8.23. The summed E-state index contributed by atoms with van der Waals surface area (Å²) in [5, 5.41) is 6.39. The number of hydrogen-bond donors (Lipinski definition) is 2. The summed E-state index contributed by atoms with van der Waals surface area (Å²) in [6, 6.07) is 8.17. The number of benzene rings is 1. The maximum absolute atomic E-state index is 12.5. The van der Waals surface area contributed by atoms with Crippen LogP contribution in [0.25, 0.3) is 0 Å². The summed E-state index contributed by atoms with van der Waals surface area (Å²) >= 11 is 3.45. The van der Waals surface area contributed by atoms with Gasteiger partial charge in [-0.1, -0.05) is 41.4 Å². The van der Waals surface area contributed by atoms with Crippen LogP contribution in [0.3, 0.4) is 0 Å². The molecule has 1 amide bonds. The Kier molecular flexibility index (Phi) is 5.61. The van der Waals surface area contributed by atoms with E-state index >= 15 is 0 Å². The van der Waals surface area contributed by atoms with E-state index in [-0.39, 0.29) is 11.3 Å². The number of carbonyl (C=O) groups is 1. The van der Waals surface area contributed by atoms with Crippen molar-refractivity contribution in [2.45, 2.75) is 38.0 Å². The first-order chi connectivity index (χ1) is 9.69. The van der Waals surface area contributed by atoms with Crippen molar-refractivity contribution in [3.05, 3.63) is 34.3 Å². The standard InChI is InChI=1S/C16H23BrN2O/c1-2-10-18-11-12-19-15(20)16(8-3-9-16)13-4-6-14(17)7-5-13/h4-7,18H,2-3,8-12H2,1H3,(H,19,20). The molecule has 2 N–H and O–H groups in total. The highest BCUT2D eigenvalue weighted by Gasteiger charge is 2.45. The molecule has 0 aliphatic heterocycles. The maximum Gasteiger partial charge on any atom is 0.230 e. The molecule has 0 radical (unpaired) electrons. The van der Waals surface area contributed by atoms with E-state index in [1.807, 2.05) is 12.1 Å². The van der Waals surface area contributed by atoms with Gasteiger partial charge in [-0.15, -0.1) is 0 Å². The Hall–Kier alpha value is -0.870. The molecule has 2 rings (SSSR count). The molecule has 1 aromatic rings. The topological polar surface area (TPSA) is 41.1 Å². The predicted octanol–water partition coefficient (Wildman–Crippen LogP) is 2.99. The average molecular weight is 339 g/mol. The van der Waals surface area contributed by atoms with E-state index in [1.54, 1.807) is 0 Å². The van der Waals surface area contributed by atoms with E-state index in [0.29, 0.717) is 6.54 Å². The Morgan fingerprint density at radius 2 is 1.90 bits per heavy atom. The van der Waals surface area contributed by atoms with Crippen molar-refractivity contribution < 1.29 is 4.79 Å². The van der Waals surface area contributed by atoms with Crippen molar-refractivity contribution in [2.24, 2.45) is 0 Å². The summed E-state index contributed by atoms with van der Waals surface area (Å²) in [7, 11) is 0. The molecule has 1 saturated carbocycles. The van der Waals surface area contributed by atoms with Gasteiger partial charge < -0.3 is 10.6 Å². The van der Waals surface area contributed by atoms with Gasteiger partial charge in [0, 0.05) is 17.6 Å². The number of amides is 1. The average Bonchev–Trinajstić information content (AvgIpc) is 2.39. The van der Waals surface area contributed by atoms with E-state index in [1.165, 1.54) is 0 Å². The van der Waals surface area contributed by atoms with Crippen LogP contribution in [0.4, 0.5) is 0 Å². The molecule has 1 aliphatic rings. The lowest BCUT2D eigenvalue weighted by atomic mass is 9.64. The Labute approximate surface area is 129 Å². The Morgan fingerprint density at radius 1 is 1.20 bits per heavy atom. The van der Waals surface area contributed by atoms with E-state index < -0.39 is 0 Å². The lowest BCUT2D eigenvalue weighted by Crippen LogP contribution is -2.50. The molecular weight excluding hydrogens is 316 g/mol. The van der Waals surface area contributed by atoms with Gasteiger partial charge in [0.1, 0.15) is 0 Å². The van der Waals surface area contributed by atoms with Crippen LogP contribution in [0.5, 0.6) is 0 Å². The zero-order chi connectivity index (χ0) is 14.4. The van der Waals surface area contributed by atoms with Crippen LogP contribution in [0, 0.1) is 0 Å². The minimum atomic E-state index is -0.286. The van der Waals surface area contributed by atoms with Crippen LogP contribution in [-0.2, 0) is 10.2 Å². The van der Waals surface area contributed by atoms with Gasteiger partial charge in [0.25, 0.3) is 0 Å². The van der Waals surface area contributed by atoms with E-state index in [9.17, 15) is 4.79 Å². The quantitative estimate of drug-likeness (QED) is 0.750. The van der Waals surface area contributed by atoms with Crippen LogP contribution in [0.15, 0.2) is 28.7 Å². The third kappa shape index (κ3) is 3.41. The SMILES string of the molecule is CCCNCCNC(=O)C1(c2ccc(Br)cc2)CCC1. The van der Waals surface area contributed by atoms with E-state index in [0.717, 1.165) is 48.8 Å². The number of carbonyl (C=O) groups excluding carboxylic acids is 1. The number of hydrogen-bond acceptors (Lipinski definition) is 2. The number of halogens is 1. The normalized spacial score (nSPS) is 16.5. The molecule has 0 unspecified atom stereocenters. The molecule has 4 heteroatoms. The number of nitrogens with one attached hydrogen (secondary N) is 2. The second-order valence-corrected chi connectivity index (χ2v) is 6.36. The van der Waals surface area contributed by atoms with Gasteiger partial charge in [-0.25, -0.2) is 0 Å². The molecule has 1 fully saturated rings. The molecule has 0 saturated heterocycles. The Balaban J connectivity index is 1.93. The zero-order valence-corrected chi connectivity index (χ0v) is 13.6. The largest absolute Gasteiger partial charge is 0.354 e. The Bertz CT molecular complexity index is 440. The summed E-state index contributed by atoms with van der Waals surface area (Å²) in [5.74, 6) is 0.185. The molecule has 3 nitrogen and oxygen atoms in total. The van der Waals surface area contributed by atoms with Crippen LogP contribution in [0.2, 0.25) is 0 Å². The lowest BCUT2D eigenvalue weighted by Gasteiger charge is -2.40. The molecular formula is C16H23BrN2O. The molecule has 1 aromatic carbocycles. The highest BCUT2D eigenvalue weighted by Crippen LogP contribution is 2.44. The minimum Gasteiger partial charge on any atom is -0.354 e. The highest BCUT2D eigenvalue weighted by molar-refractivity contribution is 9.10. The molecule has 0 spiro atoms. The summed E-state index contributed by atoms with van der Waals surface area (Å²) in [6.45, 7) is 4.70. The van der Waals surface area contributed by atoms with Gasteiger partial charge in [-0.05, 0) is 43.5 Å². The van der Waals surface area contributed by atoms with Crippen LogP contribution >= 0.6 is 15.9 Å². The van der Waals surface area contributed by atoms with Crippen LogP contribution in [0.1, 0.15) is 38.2 Å². The maximum atomic E-state index is 12.5. The fourth-order valence-electron chi connectivity index (χ4n) is 2.68. The zero-order valence-electron chi connectivity index (χ0n) is 12.0. The lowest BCUT2D eigenvalue weighted by molar-refractivity contribution is -0.129. The minimum absolute atomic E-state index is 0.185. The molecule has 0 bridgehead atoms. The highest BCUT2D eigenvalue weighted by atomic mass is 79.9. The first-order valence-electron chi connectivity index (χ1n) is 7.44. The number of rotatable bonds is 7. The van der Waals surface area contributed by atoms with Crippen molar-refractivity contribution in [3.8, 4) is 0 Å². The van der Waals surface area contributed by atoms with Crippen molar-refractivity contribution in [2.75, 3.05) is 19.6 Å². The van der Waals surface area contributed by atoms with Gasteiger partial charge in [0.2, 0.25) is 5.91 Å². The van der Waals surface area contributed by atoms with Crippen molar-refractivity contribution >= 4 is 21.8 Å². The van der Waals surface area contributed by atoms with E-state index in [4.69, 9.17) is 0 Å². The fraction of sp³-hybridized carbons (Fsp3) is 0.562. The molecule has 0 heterocycles. The monoisotopic (exact) mass is 338 g/mol. The predicted molar refractivity (Wildman–Crippen MR) is 85.8 cm³/mol. The summed E-state index contributed by atoms with van der Waals surface area (Å²) in [5.41, 5.74) is 0.858. The van der Waals surface area contributed by atoms with Gasteiger partial charge >= 0.3 is 0 Å². The molecule has 0 atom stereocenters. The summed E-state index contributed by atoms with van der Waals surface area (Å²) in [4.78, 5) is 12.5. The van der Waals surface area contributed by atoms with Crippen molar-refractivity contribution in [3.63, 3.8) is 0 Å². The molecule has 110 valence electrons. The van der Waals surface area contributed by atoms with Gasteiger partial charge in [0.05, 0.1) is 5.41 Å². The fourth-order valence-corrected chi connectivity index (χ4v) is 2.95. The van der Waals surface area contributed by atoms with Gasteiger partial charge in [0.15, 0.2) is 0 Å². The summed E-state index contributed by atoms with van der Waals surface area (Å²) in [6.07, 6.45) is 4.18. The molecule has 1 aliphatic carbocycles. The van der Waals surface area contributed by atoms with Crippen molar-refractivity contribution in [1.82, 2.24) is 10.6 Å². The third-order valence-corrected chi connectivity index (χ3v) is 4.58. The Morgan fingerprint density at radius 3 is 2.45 bits per heavy atom. The molecule has 0 aromatic heterocycles. The first kappa shape index (κ1) is 15.5. The van der Waals surface area contributed by atoms with Crippen molar-refractivity contribution in [1.29, 1.82) is 0 Å². The van der Waals surface area contributed by atoms with Crippen LogP contribution in [-0.4, -0.2) is 25.5 Å². The van der Waals surface area contributed by atoms with Gasteiger partial charge in [-0.2, -0.15) is 0 Å². The van der Waals surface area contributed by atoms with E-state index in [2.05, 4.69) is 45.6 Å².